The van der Waals surface area contributed by atoms with E-state index >= 15 is 0 Å². The van der Waals surface area contributed by atoms with Crippen LogP contribution in [0.3, 0.4) is 0 Å². The molecule has 1 fully saturated rings. The van der Waals surface area contributed by atoms with Crippen molar-refractivity contribution in [2.75, 3.05) is 13.2 Å². The first-order valence-corrected chi connectivity index (χ1v) is 11.3. The molecule has 0 radical (unpaired) electrons. The van der Waals surface area contributed by atoms with E-state index < -0.39 is 23.5 Å². The molecular weight excluding hydrogens is 434 g/mol. The summed E-state index contributed by atoms with van der Waals surface area (Å²) in [4.78, 5) is 28.1. The van der Waals surface area contributed by atoms with Crippen LogP contribution in [0, 0.1) is 6.92 Å². The molecule has 0 unspecified atom stereocenters. The summed E-state index contributed by atoms with van der Waals surface area (Å²) < 4.78 is 17.2. The molecule has 2 aliphatic rings. The van der Waals surface area contributed by atoms with E-state index in [1.54, 1.807) is 37.3 Å². The minimum Gasteiger partial charge on any atom is -0.503 e. The third kappa shape index (κ3) is 4.22. The fourth-order valence-electron chi connectivity index (χ4n) is 4.49. The van der Waals surface area contributed by atoms with Gasteiger partial charge in [-0.15, -0.1) is 0 Å². The second-order valence-corrected chi connectivity index (χ2v) is 8.48. The highest BCUT2D eigenvalue weighted by atomic mass is 16.5. The minimum absolute atomic E-state index is 0.00536. The molecule has 0 aliphatic carbocycles. The van der Waals surface area contributed by atoms with Crippen molar-refractivity contribution in [3.8, 4) is 11.5 Å². The number of Topliss-reactive ketones (excluding diaryl/α,β-unsaturated/α-hetero) is 1. The summed E-state index contributed by atoms with van der Waals surface area (Å²) >= 11 is 0. The van der Waals surface area contributed by atoms with E-state index in [0.29, 0.717) is 29.4 Å². The third-order valence-electron chi connectivity index (χ3n) is 6.09. The number of aliphatic hydroxyl groups excluding tert-OH is 1. The second-order valence-electron chi connectivity index (χ2n) is 8.48. The average Bonchev–Trinajstić information content (AvgIpc) is 3.57. The summed E-state index contributed by atoms with van der Waals surface area (Å²) in [6.07, 6.45) is 1.58. The summed E-state index contributed by atoms with van der Waals surface area (Å²) in [5, 5.41) is 10.8. The SMILES string of the molecule is Cc1ccc(C(=O)C2=C(O)C(=O)N(C[C@@H]3CCCO3)[C@@H]2c2cccc(Oc3ccccc3)c2)o1. The molecule has 7 heteroatoms. The topological polar surface area (TPSA) is 89.2 Å². The molecule has 3 aromatic rings. The normalized spacial score (nSPS) is 20.3. The zero-order chi connectivity index (χ0) is 23.7. The van der Waals surface area contributed by atoms with Crippen LogP contribution in [0.2, 0.25) is 0 Å². The number of hydrogen-bond acceptors (Lipinski definition) is 6. The monoisotopic (exact) mass is 459 g/mol. The van der Waals surface area contributed by atoms with Crippen LogP contribution in [0.5, 0.6) is 11.5 Å². The van der Waals surface area contributed by atoms with Crippen LogP contribution in [-0.2, 0) is 9.53 Å². The van der Waals surface area contributed by atoms with Gasteiger partial charge in [-0.1, -0.05) is 30.3 Å². The predicted octanol–water partition coefficient (Wildman–Crippen LogP) is 5.14. The van der Waals surface area contributed by atoms with Crippen LogP contribution >= 0.6 is 0 Å². The number of ether oxygens (including phenoxy) is 2. The van der Waals surface area contributed by atoms with E-state index in [4.69, 9.17) is 13.9 Å². The van der Waals surface area contributed by atoms with Gasteiger partial charge >= 0.3 is 0 Å². The maximum atomic E-state index is 13.4. The molecule has 1 saturated heterocycles. The van der Waals surface area contributed by atoms with Crippen molar-refractivity contribution < 1.29 is 28.6 Å². The van der Waals surface area contributed by atoms with Gasteiger partial charge < -0.3 is 23.9 Å². The highest BCUT2D eigenvalue weighted by Gasteiger charge is 2.45. The molecule has 34 heavy (non-hydrogen) atoms. The maximum Gasteiger partial charge on any atom is 0.290 e. The van der Waals surface area contributed by atoms with Gasteiger partial charge in [0.1, 0.15) is 17.3 Å². The molecule has 2 atom stereocenters. The van der Waals surface area contributed by atoms with Crippen molar-refractivity contribution in [3.05, 3.63) is 95.1 Å². The lowest BCUT2D eigenvalue weighted by Crippen LogP contribution is -2.37. The van der Waals surface area contributed by atoms with E-state index in [0.717, 1.165) is 12.8 Å². The van der Waals surface area contributed by atoms with Gasteiger partial charge in [-0.05, 0) is 61.7 Å². The Labute approximate surface area is 197 Å². The smallest absolute Gasteiger partial charge is 0.290 e. The van der Waals surface area contributed by atoms with Crippen molar-refractivity contribution >= 4 is 11.7 Å². The number of nitrogens with zero attached hydrogens (tertiary/aromatic N) is 1. The largest absolute Gasteiger partial charge is 0.503 e. The fraction of sp³-hybridized carbons (Fsp3) is 0.259. The molecule has 174 valence electrons. The molecule has 7 nitrogen and oxygen atoms in total. The summed E-state index contributed by atoms with van der Waals surface area (Å²) in [5.41, 5.74) is 0.643. The third-order valence-corrected chi connectivity index (χ3v) is 6.09. The number of para-hydroxylation sites is 1. The molecule has 2 aliphatic heterocycles. The number of amides is 1. The van der Waals surface area contributed by atoms with Crippen molar-refractivity contribution in [1.29, 1.82) is 0 Å². The van der Waals surface area contributed by atoms with Crippen LogP contribution in [0.4, 0.5) is 0 Å². The van der Waals surface area contributed by atoms with E-state index in [1.165, 1.54) is 4.90 Å². The van der Waals surface area contributed by atoms with Crippen LogP contribution in [0.15, 0.2) is 82.5 Å². The number of carbonyl (C=O) groups is 2. The molecule has 1 amide bonds. The molecule has 2 aromatic carbocycles. The second kappa shape index (κ2) is 9.19. The lowest BCUT2D eigenvalue weighted by molar-refractivity contribution is -0.131. The maximum absolute atomic E-state index is 13.4. The van der Waals surface area contributed by atoms with Gasteiger partial charge in [0.05, 0.1) is 17.7 Å². The first-order chi connectivity index (χ1) is 16.5. The van der Waals surface area contributed by atoms with Crippen molar-refractivity contribution in [2.24, 2.45) is 0 Å². The first kappa shape index (κ1) is 22.0. The zero-order valence-electron chi connectivity index (χ0n) is 18.8. The Morgan fingerprint density at radius 1 is 1.09 bits per heavy atom. The van der Waals surface area contributed by atoms with E-state index in [2.05, 4.69) is 0 Å². The van der Waals surface area contributed by atoms with Gasteiger partial charge in [0, 0.05) is 13.2 Å². The molecule has 5 rings (SSSR count). The summed E-state index contributed by atoms with van der Waals surface area (Å²) in [5.74, 6) is 0.191. The Morgan fingerprint density at radius 3 is 2.59 bits per heavy atom. The standard InChI is InChI=1S/C27H25NO6/c1-17-12-13-22(33-17)25(29)23-24(28(27(31)26(23)30)16-21-11-6-14-32-21)18-7-5-10-20(15-18)34-19-8-3-2-4-9-19/h2-5,7-10,12-13,15,21,24,30H,6,11,14,16H2,1H3/t21-,24+/m0/s1. The van der Waals surface area contributed by atoms with Gasteiger partial charge in [0.2, 0.25) is 5.78 Å². The number of benzene rings is 2. The van der Waals surface area contributed by atoms with Gasteiger partial charge in [0.15, 0.2) is 11.5 Å². The lowest BCUT2D eigenvalue weighted by Gasteiger charge is -2.29. The van der Waals surface area contributed by atoms with Crippen molar-refractivity contribution in [1.82, 2.24) is 4.90 Å². The molecule has 1 aromatic heterocycles. The van der Waals surface area contributed by atoms with Gasteiger partial charge in [0.25, 0.3) is 5.91 Å². The molecular formula is C27H25NO6. The zero-order valence-corrected chi connectivity index (χ0v) is 18.8. The minimum atomic E-state index is -0.797. The Bertz CT molecular complexity index is 1240. The molecule has 0 bridgehead atoms. The number of aliphatic hydroxyl groups is 1. The van der Waals surface area contributed by atoms with Gasteiger partial charge in [-0.2, -0.15) is 0 Å². The van der Waals surface area contributed by atoms with Crippen LogP contribution in [-0.4, -0.2) is 41.0 Å². The lowest BCUT2D eigenvalue weighted by atomic mass is 9.94. The fourth-order valence-corrected chi connectivity index (χ4v) is 4.49. The van der Waals surface area contributed by atoms with Gasteiger partial charge in [-0.3, -0.25) is 9.59 Å². The summed E-state index contributed by atoms with van der Waals surface area (Å²) in [6, 6.07) is 19.0. The Hall–Kier alpha value is -3.84. The highest BCUT2D eigenvalue weighted by Crippen LogP contribution is 2.41. The Morgan fingerprint density at radius 2 is 1.88 bits per heavy atom. The Kier molecular flexibility index (Phi) is 5.94. The van der Waals surface area contributed by atoms with Gasteiger partial charge in [-0.25, -0.2) is 0 Å². The molecule has 0 saturated carbocycles. The van der Waals surface area contributed by atoms with Crippen molar-refractivity contribution in [3.63, 3.8) is 0 Å². The molecule has 1 N–H and O–H groups in total. The summed E-state index contributed by atoms with van der Waals surface area (Å²) in [6.45, 7) is 2.64. The number of aryl methyl sites for hydroxylation is 1. The predicted molar refractivity (Wildman–Crippen MR) is 124 cm³/mol. The molecule has 3 heterocycles. The number of ketones is 1. The number of hydrogen-bond donors (Lipinski definition) is 1. The Balaban J connectivity index is 1.53. The van der Waals surface area contributed by atoms with E-state index in [1.807, 2.05) is 36.4 Å². The molecule has 0 spiro atoms. The summed E-state index contributed by atoms with van der Waals surface area (Å²) in [7, 11) is 0. The number of rotatable bonds is 7. The van der Waals surface area contributed by atoms with Crippen LogP contribution in [0.25, 0.3) is 0 Å². The number of furan rings is 1. The van der Waals surface area contributed by atoms with E-state index in [9.17, 15) is 14.7 Å². The quantitative estimate of drug-likeness (QED) is 0.492. The van der Waals surface area contributed by atoms with Crippen LogP contribution in [0.1, 0.15) is 40.8 Å². The average molecular weight is 459 g/mol. The van der Waals surface area contributed by atoms with E-state index in [-0.39, 0.29) is 24.0 Å². The van der Waals surface area contributed by atoms with Crippen LogP contribution < -0.4 is 4.74 Å². The first-order valence-electron chi connectivity index (χ1n) is 11.3. The highest BCUT2D eigenvalue weighted by molar-refractivity contribution is 6.15. The van der Waals surface area contributed by atoms with Crippen molar-refractivity contribution in [2.45, 2.75) is 31.9 Å². The number of carbonyl (C=O) groups excluding carboxylic acids is 2.